The van der Waals surface area contributed by atoms with Crippen LogP contribution in [0.2, 0.25) is 0 Å². The van der Waals surface area contributed by atoms with E-state index in [0.29, 0.717) is 22.8 Å². The highest BCUT2D eigenvalue weighted by molar-refractivity contribution is 6.35. The van der Waals surface area contributed by atoms with Crippen LogP contribution < -0.4 is 19.5 Å². The van der Waals surface area contributed by atoms with Gasteiger partial charge in [0.25, 0.3) is 5.91 Å². The summed E-state index contributed by atoms with van der Waals surface area (Å²) in [5.74, 6) is 1.88. The molecule has 4 rings (SSSR count). The number of hydrogen-bond acceptors (Lipinski definition) is 4. The molecule has 1 aliphatic heterocycles. The number of carbonyl (C=O) groups excluding carboxylic acids is 1. The van der Waals surface area contributed by atoms with Crippen molar-refractivity contribution in [3.05, 3.63) is 71.0 Å². The van der Waals surface area contributed by atoms with Gasteiger partial charge in [0.05, 0.1) is 32.6 Å². The third kappa shape index (κ3) is 3.55. The van der Waals surface area contributed by atoms with E-state index in [9.17, 15) is 4.79 Å². The van der Waals surface area contributed by atoms with Gasteiger partial charge in [-0.25, -0.2) is 0 Å². The second-order valence-corrected chi connectivity index (χ2v) is 6.69. The fraction of sp³-hybridized carbons (Fsp3) is 0.125. The second-order valence-electron chi connectivity index (χ2n) is 6.69. The molecule has 0 aliphatic carbocycles. The van der Waals surface area contributed by atoms with Gasteiger partial charge in [-0.05, 0) is 41.5 Å². The van der Waals surface area contributed by atoms with Crippen molar-refractivity contribution in [2.45, 2.75) is 0 Å². The fourth-order valence-corrected chi connectivity index (χ4v) is 3.50. The van der Waals surface area contributed by atoms with E-state index in [2.05, 4.69) is 10.3 Å². The Balaban J connectivity index is 1.73. The molecule has 30 heavy (non-hydrogen) atoms. The number of nitrogens with one attached hydrogen (secondary N) is 2. The highest BCUT2D eigenvalue weighted by Crippen LogP contribution is 2.37. The first-order valence-electron chi connectivity index (χ1n) is 9.42. The van der Waals surface area contributed by atoms with Crippen molar-refractivity contribution in [2.75, 3.05) is 26.6 Å². The Hall–Kier alpha value is -3.93. The molecule has 0 unspecified atom stereocenters. The van der Waals surface area contributed by atoms with Gasteiger partial charge in [-0.3, -0.25) is 4.79 Å². The molecule has 1 aliphatic rings. The maximum atomic E-state index is 12.6. The van der Waals surface area contributed by atoms with E-state index in [1.165, 1.54) is 0 Å². The zero-order valence-electron chi connectivity index (χ0n) is 17.0. The van der Waals surface area contributed by atoms with E-state index in [1.54, 1.807) is 27.5 Å². The Morgan fingerprint density at radius 3 is 2.43 bits per heavy atom. The lowest BCUT2D eigenvalue weighted by atomic mass is 9.98. The highest BCUT2D eigenvalue weighted by atomic mass is 16.5. The van der Waals surface area contributed by atoms with E-state index < -0.39 is 0 Å². The lowest BCUT2D eigenvalue weighted by Crippen LogP contribution is -2.03. The molecule has 0 saturated heterocycles. The summed E-state index contributed by atoms with van der Waals surface area (Å²) in [6, 6.07) is 13.3. The number of methoxy groups -OCH3 is 3. The molecule has 1 amide bonds. The van der Waals surface area contributed by atoms with E-state index in [4.69, 9.17) is 14.2 Å². The molecule has 0 atom stereocenters. The molecule has 0 radical (unpaired) electrons. The second kappa shape index (κ2) is 8.21. The zero-order chi connectivity index (χ0) is 21.1. The number of H-pyrrole nitrogens is 1. The average molecular weight is 402 g/mol. The summed E-state index contributed by atoms with van der Waals surface area (Å²) < 4.78 is 16.0. The molecule has 2 heterocycles. The van der Waals surface area contributed by atoms with Crippen LogP contribution in [0.4, 0.5) is 5.69 Å². The van der Waals surface area contributed by atoms with E-state index >= 15 is 0 Å². The normalized spacial score (nSPS) is 14.1. The molecule has 6 nitrogen and oxygen atoms in total. The van der Waals surface area contributed by atoms with Gasteiger partial charge in [0.1, 0.15) is 5.75 Å². The topological polar surface area (TPSA) is 72.6 Å². The molecular formula is C24H22N2O4. The van der Waals surface area contributed by atoms with Crippen LogP contribution in [0, 0.1) is 0 Å². The molecule has 6 heteroatoms. The Morgan fingerprint density at radius 1 is 0.867 bits per heavy atom. The third-order valence-corrected chi connectivity index (χ3v) is 4.97. The van der Waals surface area contributed by atoms with Gasteiger partial charge < -0.3 is 24.5 Å². The van der Waals surface area contributed by atoms with Crippen molar-refractivity contribution in [1.82, 2.24) is 4.98 Å². The summed E-state index contributed by atoms with van der Waals surface area (Å²) in [5.41, 5.74) is 4.85. The minimum Gasteiger partial charge on any atom is -0.495 e. The van der Waals surface area contributed by atoms with Crippen LogP contribution in [0.15, 0.2) is 48.7 Å². The number of fused-ring (bicyclic) bond motifs is 1. The summed E-state index contributed by atoms with van der Waals surface area (Å²) in [6.07, 6.45) is 7.56. The predicted molar refractivity (Wildman–Crippen MR) is 119 cm³/mol. The first kappa shape index (κ1) is 19.4. The van der Waals surface area contributed by atoms with Gasteiger partial charge in [-0.1, -0.05) is 30.4 Å². The number of ether oxygens (including phenoxy) is 3. The molecule has 1 aromatic heterocycles. The van der Waals surface area contributed by atoms with Gasteiger partial charge in [0, 0.05) is 17.4 Å². The van der Waals surface area contributed by atoms with Crippen LogP contribution in [0.1, 0.15) is 22.4 Å². The average Bonchev–Trinajstić information content (AvgIpc) is 3.36. The minimum atomic E-state index is -0.145. The zero-order valence-corrected chi connectivity index (χ0v) is 17.0. The van der Waals surface area contributed by atoms with Crippen LogP contribution in [-0.2, 0) is 4.79 Å². The fourth-order valence-electron chi connectivity index (χ4n) is 3.50. The summed E-state index contributed by atoms with van der Waals surface area (Å²) in [6.45, 7) is 0. The molecule has 0 fully saturated rings. The summed E-state index contributed by atoms with van der Waals surface area (Å²) in [5, 5.41) is 2.94. The van der Waals surface area contributed by atoms with Gasteiger partial charge >= 0.3 is 0 Å². The van der Waals surface area contributed by atoms with Crippen molar-refractivity contribution < 1.29 is 19.0 Å². The number of rotatable bonds is 6. The van der Waals surface area contributed by atoms with Crippen molar-refractivity contribution >= 4 is 35.4 Å². The molecule has 0 bridgehead atoms. The summed E-state index contributed by atoms with van der Waals surface area (Å²) >= 11 is 0. The Labute approximate surface area is 174 Å². The number of aromatic nitrogens is 1. The molecule has 2 N–H and O–H groups in total. The van der Waals surface area contributed by atoms with Crippen molar-refractivity contribution in [1.29, 1.82) is 0 Å². The standard InChI is InChI=1S/C24H22N2O4/c1-28-20-11-12-25-19(20)14-17-23-16(5-4-6-18(23)26-24(17)27)9-7-15-8-10-21(29-2)22(13-15)30-3/h4-14,25H,1-3H3,(H,26,27)/b9-7+,17-14-. The molecule has 2 aromatic carbocycles. The van der Waals surface area contributed by atoms with Crippen molar-refractivity contribution in [2.24, 2.45) is 0 Å². The number of aromatic amines is 1. The number of benzene rings is 2. The van der Waals surface area contributed by atoms with Gasteiger partial charge in [0.2, 0.25) is 0 Å². The van der Waals surface area contributed by atoms with Crippen LogP contribution in [-0.4, -0.2) is 32.2 Å². The number of hydrogen-bond donors (Lipinski definition) is 2. The van der Waals surface area contributed by atoms with Crippen molar-refractivity contribution in [3.63, 3.8) is 0 Å². The first-order chi connectivity index (χ1) is 14.6. The Bertz CT molecular complexity index is 1160. The van der Waals surface area contributed by atoms with Crippen LogP contribution >= 0.6 is 0 Å². The maximum Gasteiger partial charge on any atom is 0.256 e. The van der Waals surface area contributed by atoms with Gasteiger partial charge in [-0.2, -0.15) is 0 Å². The Morgan fingerprint density at radius 2 is 1.67 bits per heavy atom. The van der Waals surface area contributed by atoms with Crippen LogP contribution in [0.25, 0.3) is 23.8 Å². The lowest BCUT2D eigenvalue weighted by Gasteiger charge is -2.08. The van der Waals surface area contributed by atoms with E-state index in [-0.39, 0.29) is 5.91 Å². The monoisotopic (exact) mass is 402 g/mol. The number of anilines is 1. The predicted octanol–water partition coefficient (Wildman–Crippen LogP) is 4.70. The number of carbonyl (C=O) groups is 1. The van der Waals surface area contributed by atoms with Gasteiger partial charge in [-0.15, -0.1) is 0 Å². The molecule has 152 valence electrons. The first-order valence-corrected chi connectivity index (χ1v) is 9.42. The van der Waals surface area contributed by atoms with Crippen molar-refractivity contribution in [3.8, 4) is 17.2 Å². The van der Waals surface area contributed by atoms with Gasteiger partial charge in [0.15, 0.2) is 11.5 Å². The molecule has 0 spiro atoms. The van der Waals surface area contributed by atoms with Crippen LogP contribution in [0.3, 0.4) is 0 Å². The smallest absolute Gasteiger partial charge is 0.256 e. The minimum absolute atomic E-state index is 0.145. The SMILES string of the molecule is COc1ccc(/C=C/c2cccc3c2/C(=C/c2[nH]ccc2OC)C(=O)N3)cc1OC. The highest BCUT2D eigenvalue weighted by Gasteiger charge is 2.26. The van der Waals surface area contributed by atoms with E-state index in [0.717, 1.165) is 28.1 Å². The lowest BCUT2D eigenvalue weighted by molar-refractivity contribution is -0.110. The van der Waals surface area contributed by atoms with E-state index in [1.807, 2.05) is 60.7 Å². The maximum absolute atomic E-state index is 12.6. The third-order valence-electron chi connectivity index (χ3n) is 4.97. The summed E-state index contributed by atoms with van der Waals surface area (Å²) in [7, 11) is 4.82. The summed E-state index contributed by atoms with van der Waals surface area (Å²) in [4.78, 5) is 15.8. The number of amides is 1. The Kier molecular flexibility index (Phi) is 5.30. The van der Waals surface area contributed by atoms with Crippen LogP contribution in [0.5, 0.6) is 17.2 Å². The molecular weight excluding hydrogens is 380 g/mol. The molecule has 3 aromatic rings. The largest absolute Gasteiger partial charge is 0.495 e. The quantitative estimate of drug-likeness (QED) is 0.463. The molecule has 0 saturated carbocycles.